The predicted octanol–water partition coefficient (Wildman–Crippen LogP) is 6.92. The topological polar surface area (TPSA) is 53.6 Å². The second-order valence-corrected chi connectivity index (χ2v) is 10.6. The van der Waals surface area contributed by atoms with E-state index in [2.05, 4.69) is 88.6 Å². The molecule has 190 valence electrons. The maximum Gasteiger partial charge on any atom is 0.0945 e. The molecule has 0 amide bonds. The first-order valence-electron chi connectivity index (χ1n) is 13.9. The quantitative estimate of drug-likeness (QED) is 0.297. The van der Waals surface area contributed by atoms with Gasteiger partial charge in [-0.15, -0.1) is 0 Å². The van der Waals surface area contributed by atoms with E-state index in [1.807, 2.05) is 0 Å². The minimum atomic E-state index is 0.305. The van der Waals surface area contributed by atoms with Crippen molar-refractivity contribution in [2.24, 2.45) is 10.9 Å². The van der Waals surface area contributed by atoms with E-state index >= 15 is 0 Å². The Bertz CT molecular complexity index is 1310. The van der Waals surface area contributed by atoms with Gasteiger partial charge in [0.2, 0.25) is 0 Å². The van der Waals surface area contributed by atoms with Crippen molar-refractivity contribution in [2.75, 3.05) is 24.6 Å². The Morgan fingerprint density at radius 1 is 0.838 bits per heavy atom. The molecule has 4 aromatic rings. The third-order valence-electron chi connectivity index (χ3n) is 8.09. The van der Waals surface area contributed by atoms with Gasteiger partial charge in [-0.3, -0.25) is 4.68 Å². The molecule has 1 saturated heterocycles. The molecule has 2 heterocycles. The second-order valence-electron chi connectivity index (χ2n) is 10.6. The molecule has 1 aliphatic carbocycles. The molecule has 0 atom stereocenters. The van der Waals surface area contributed by atoms with Gasteiger partial charge in [-0.25, -0.2) is 4.99 Å². The van der Waals surface area contributed by atoms with Crippen LogP contribution in [0.5, 0.6) is 0 Å². The normalized spacial score (nSPS) is 20.2. The number of aromatic nitrogens is 2. The summed E-state index contributed by atoms with van der Waals surface area (Å²) < 4.78 is 2.18. The van der Waals surface area contributed by atoms with Gasteiger partial charge < -0.3 is 10.0 Å². The number of benzene rings is 3. The van der Waals surface area contributed by atoms with Crippen LogP contribution in [0.25, 0.3) is 10.9 Å². The van der Waals surface area contributed by atoms with Gasteiger partial charge in [0, 0.05) is 42.4 Å². The zero-order valence-corrected chi connectivity index (χ0v) is 21.5. The van der Waals surface area contributed by atoms with E-state index in [1.165, 1.54) is 24.9 Å². The molecule has 2 aliphatic rings. The van der Waals surface area contributed by atoms with E-state index in [0.29, 0.717) is 18.6 Å². The van der Waals surface area contributed by atoms with Crippen LogP contribution in [0.1, 0.15) is 62.1 Å². The number of anilines is 1. The third kappa shape index (κ3) is 5.19. The number of nitrogens with zero attached hydrogens (tertiary/aromatic N) is 4. The van der Waals surface area contributed by atoms with E-state index < -0.39 is 0 Å². The summed E-state index contributed by atoms with van der Waals surface area (Å²) in [5.74, 6) is 0.447. The van der Waals surface area contributed by atoms with Crippen molar-refractivity contribution < 1.29 is 5.11 Å². The first-order chi connectivity index (χ1) is 18.3. The standard InChI is InChI=1S/C32H36N4O/c37-23-24-14-16-28(17-15-24)36-22-27-20-30(31(21-29(27)34-36)35-18-8-3-9-19-35)33-32(25-10-4-1-5-11-25)26-12-6-2-7-13-26/h1-2,4-7,10-13,20-22,24,28,37H,3,8-9,14-19,23H2. The van der Waals surface area contributed by atoms with Gasteiger partial charge in [0.1, 0.15) is 0 Å². The van der Waals surface area contributed by atoms with Crippen LogP contribution in [0, 0.1) is 5.92 Å². The van der Waals surface area contributed by atoms with Crippen molar-refractivity contribution in [2.45, 2.75) is 51.0 Å². The van der Waals surface area contributed by atoms with Crippen LogP contribution in [0.3, 0.4) is 0 Å². The molecule has 0 spiro atoms. The van der Waals surface area contributed by atoms with Crippen molar-refractivity contribution in [1.29, 1.82) is 0 Å². The number of hydrogen-bond acceptors (Lipinski definition) is 4. The monoisotopic (exact) mass is 492 g/mol. The molecule has 2 fully saturated rings. The van der Waals surface area contributed by atoms with Gasteiger partial charge in [0.15, 0.2) is 0 Å². The zero-order valence-electron chi connectivity index (χ0n) is 21.5. The van der Waals surface area contributed by atoms with Gasteiger partial charge in [0.05, 0.1) is 28.6 Å². The number of aliphatic hydroxyl groups excluding tert-OH is 1. The molecular weight excluding hydrogens is 456 g/mol. The lowest BCUT2D eigenvalue weighted by Crippen LogP contribution is -2.29. The highest BCUT2D eigenvalue weighted by molar-refractivity contribution is 6.14. The largest absolute Gasteiger partial charge is 0.396 e. The van der Waals surface area contributed by atoms with E-state index in [4.69, 9.17) is 10.1 Å². The Balaban J connectivity index is 1.45. The lowest BCUT2D eigenvalue weighted by molar-refractivity contribution is 0.165. The summed E-state index contributed by atoms with van der Waals surface area (Å²) in [6, 6.07) is 25.9. The molecule has 37 heavy (non-hydrogen) atoms. The fraction of sp³-hybridized carbons (Fsp3) is 0.375. The molecule has 1 saturated carbocycles. The Hall–Kier alpha value is -3.44. The zero-order chi connectivity index (χ0) is 25.0. The average molecular weight is 493 g/mol. The van der Waals surface area contributed by atoms with Crippen molar-refractivity contribution >= 4 is 28.0 Å². The molecule has 5 nitrogen and oxygen atoms in total. The van der Waals surface area contributed by atoms with Gasteiger partial charge in [-0.2, -0.15) is 5.10 Å². The lowest BCUT2D eigenvalue weighted by atomic mass is 9.87. The van der Waals surface area contributed by atoms with Gasteiger partial charge in [0.25, 0.3) is 0 Å². The Morgan fingerprint density at radius 2 is 1.49 bits per heavy atom. The molecule has 0 bridgehead atoms. The highest BCUT2D eigenvalue weighted by atomic mass is 16.3. The van der Waals surface area contributed by atoms with E-state index in [0.717, 1.165) is 72.2 Å². The van der Waals surface area contributed by atoms with Crippen LogP contribution in [0.2, 0.25) is 0 Å². The van der Waals surface area contributed by atoms with Gasteiger partial charge >= 0.3 is 0 Å². The number of fused-ring (bicyclic) bond motifs is 1. The number of rotatable bonds is 6. The number of hydrogen-bond donors (Lipinski definition) is 1. The summed E-state index contributed by atoms with van der Waals surface area (Å²) in [6.45, 7) is 2.43. The van der Waals surface area contributed by atoms with Crippen molar-refractivity contribution in [3.05, 3.63) is 90.1 Å². The Labute approximate surface area is 219 Å². The van der Waals surface area contributed by atoms with E-state index in [-0.39, 0.29) is 0 Å². The summed E-state index contributed by atoms with van der Waals surface area (Å²) in [4.78, 5) is 7.88. The molecule has 1 aromatic heterocycles. The molecule has 5 heteroatoms. The smallest absolute Gasteiger partial charge is 0.0945 e. The summed E-state index contributed by atoms with van der Waals surface area (Å²) in [6.07, 6.45) is 10.2. The van der Waals surface area contributed by atoms with Crippen molar-refractivity contribution in [3.63, 3.8) is 0 Å². The molecular formula is C32H36N4O. The number of piperidine rings is 1. The summed E-state index contributed by atoms with van der Waals surface area (Å²) in [7, 11) is 0. The number of aliphatic hydroxyl groups is 1. The van der Waals surface area contributed by atoms with Crippen LogP contribution in [0.4, 0.5) is 11.4 Å². The molecule has 1 N–H and O–H groups in total. The highest BCUT2D eigenvalue weighted by Gasteiger charge is 2.24. The maximum atomic E-state index is 9.54. The van der Waals surface area contributed by atoms with Gasteiger partial charge in [-0.05, 0) is 63.0 Å². The summed E-state index contributed by atoms with van der Waals surface area (Å²) in [5, 5.41) is 15.7. The molecule has 3 aromatic carbocycles. The fourth-order valence-electron chi connectivity index (χ4n) is 5.93. The highest BCUT2D eigenvalue weighted by Crippen LogP contribution is 2.38. The van der Waals surface area contributed by atoms with Gasteiger partial charge in [-0.1, -0.05) is 60.7 Å². The fourth-order valence-corrected chi connectivity index (χ4v) is 5.93. The lowest BCUT2D eigenvalue weighted by Gasteiger charge is -2.30. The minimum absolute atomic E-state index is 0.305. The predicted molar refractivity (Wildman–Crippen MR) is 152 cm³/mol. The molecule has 6 rings (SSSR count). The minimum Gasteiger partial charge on any atom is -0.396 e. The first-order valence-corrected chi connectivity index (χ1v) is 13.9. The SMILES string of the molecule is OCC1CCC(n2cc3cc(N=C(c4ccccc4)c4ccccc4)c(N4CCCCC4)cc3n2)CC1. The summed E-state index contributed by atoms with van der Waals surface area (Å²) in [5.41, 5.74) is 6.48. The Kier molecular flexibility index (Phi) is 7.05. The van der Waals surface area contributed by atoms with Crippen LogP contribution in [-0.2, 0) is 0 Å². The molecule has 1 aliphatic heterocycles. The van der Waals surface area contributed by atoms with Crippen molar-refractivity contribution in [3.8, 4) is 0 Å². The van der Waals surface area contributed by atoms with Crippen LogP contribution < -0.4 is 4.90 Å². The van der Waals surface area contributed by atoms with Crippen LogP contribution in [-0.4, -0.2) is 40.3 Å². The molecule has 0 unspecified atom stereocenters. The van der Waals surface area contributed by atoms with E-state index in [9.17, 15) is 5.11 Å². The summed E-state index contributed by atoms with van der Waals surface area (Å²) >= 11 is 0. The average Bonchev–Trinajstić information content (AvgIpc) is 3.40. The first kappa shape index (κ1) is 23.9. The molecule has 0 radical (unpaired) electrons. The maximum absolute atomic E-state index is 9.54. The third-order valence-corrected chi connectivity index (χ3v) is 8.09. The van der Waals surface area contributed by atoms with Crippen molar-refractivity contribution in [1.82, 2.24) is 9.78 Å². The second kappa shape index (κ2) is 10.9. The Morgan fingerprint density at radius 3 is 2.11 bits per heavy atom. The van der Waals surface area contributed by atoms with Crippen LogP contribution >= 0.6 is 0 Å². The van der Waals surface area contributed by atoms with Crippen LogP contribution in [0.15, 0.2) is 84.0 Å². The number of aliphatic imine (C=N–C) groups is 1. The van der Waals surface area contributed by atoms with E-state index in [1.54, 1.807) is 0 Å².